The normalized spacial score (nSPS) is 12.8. The molecule has 1 aliphatic rings. The predicted molar refractivity (Wildman–Crippen MR) is 173 cm³/mol. The Bertz CT molecular complexity index is 1210. The van der Waals surface area contributed by atoms with E-state index in [1.807, 2.05) is 13.8 Å². The molecule has 0 aliphatic carbocycles. The number of halogens is 3. The molecule has 0 unspecified atom stereocenters. The maximum atomic E-state index is 13.0. The third-order valence-electron chi connectivity index (χ3n) is 6.23. The minimum absolute atomic E-state index is 0. The van der Waals surface area contributed by atoms with Crippen LogP contribution in [0.2, 0.25) is 0 Å². The summed E-state index contributed by atoms with van der Waals surface area (Å²) in [5.74, 6) is 0.299. The second-order valence-corrected chi connectivity index (χ2v) is 15.9. The van der Waals surface area contributed by atoms with Crippen LogP contribution in [0.5, 0.6) is 5.75 Å². The molecule has 0 N–H and O–H groups in total. The van der Waals surface area contributed by atoms with E-state index >= 15 is 0 Å². The Labute approximate surface area is 255 Å². The molecule has 3 aromatic rings. The van der Waals surface area contributed by atoms with Crippen molar-refractivity contribution < 1.29 is 22.6 Å². The van der Waals surface area contributed by atoms with Crippen molar-refractivity contribution in [2.45, 2.75) is 76.3 Å². The molecule has 0 saturated carbocycles. The van der Waals surface area contributed by atoms with Gasteiger partial charge in [-0.25, -0.2) is 0 Å². The van der Waals surface area contributed by atoms with Gasteiger partial charge in [0.25, 0.3) is 0 Å². The maximum Gasteiger partial charge on any atom is 0.0146 e. The van der Waals surface area contributed by atoms with Crippen molar-refractivity contribution in [3.8, 4) is 5.75 Å². The molecule has 0 bridgehead atoms. The van der Waals surface area contributed by atoms with Crippen LogP contribution in [0.4, 0.5) is 15.8 Å². The molecular formula is C33H46Cl2FN2ORu-. The molecule has 0 atom stereocenters. The third kappa shape index (κ3) is 9.57. The number of hydrogen-bond donors (Lipinski definition) is 0. The summed E-state index contributed by atoms with van der Waals surface area (Å²) in [7, 11) is 11.5. The second-order valence-electron chi connectivity index (χ2n) is 10.2. The van der Waals surface area contributed by atoms with Crippen molar-refractivity contribution >= 4 is 35.4 Å². The molecule has 1 fully saturated rings. The van der Waals surface area contributed by atoms with Gasteiger partial charge in [-0.3, -0.25) is 0 Å². The zero-order chi connectivity index (χ0) is 28.1. The van der Waals surface area contributed by atoms with Crippen LogP contribution >= 0.6 is 19.4 Å². The molecule has 1 heterocycles. The molecular weight excluding hydrogens is 631 g/mol. The van der Waals surface area contributed by atoms with Crippen LogP contribution in [0.15, 0.2) is 42.5 Å². The van der Waals surface area contributed by atoms with Gasteiger partial charge in [-0.05, 0) is 63.8 Å². The van der Waals surface area contributed by atoms with E-state index in [4.69, 9.17) is 24.1 Å². The molecule has 0 radical (unpaired) electrons. The van der Waals surface area contributed by atoms with E-state index in [-0.39, 0.29) is 26.8 Å². The Balaban J connectivity index is 0.000000414. The van der Waals surface area contributed by atoms with Gasteiger partial charge < -0.3 is 9.80 Å². The fraction of sp³-hybridized carbons (Fsp3) is 0.394. The Morgan fingerprint density at radius 3 is 1.60 bits per heavy atom. The summed E-state index contributed by atoms with van der Waals surface area (Å²) in [6.45, 7) is 21.4. The number of hydrogen-bond acceptors (Lipinski definition) is 3. The molecule has 4 rings (SSSR count). The van der Waals surface area contributed by atoms with Crippen molar-refractivity contribution in [3.05, 3.63) is 93.9 Å². The number of ether oxygens (including phenoxy) is 1. The Morgan fingerprint density at radius 2 is 1.23 bits per heavy atom. The second kappa shape index (κ2) is 15.9. The largest absolute Gasteiger partial charge is 0.502 e. The number of benzene rings is 3. The van der Waals surface area contributed by atoms with Crippen LogP contribution in [-0.4, -0.2) is 23.8 Å². The number of aryl methyl sites for hydroxylation is 6. The van der Waals surface area contributed by atoms with E-state index < -0.39 is 13.5 Å². The average Bonchev–Trinajstić information content (AvgIpc) is 3.23. The van der Waals surface area contributed by atoms with E-state index in [9.17, 15) is 4.39 Å². The smallest absolute Gasteiger partial charge is 0.0146 e. The number of anilines is 2. The zero-order valence-electron chi connectivity index (χ0n) is 23.5. The van der Waals surface area contributed by atoms with Crippen LogP contribution < -0.4 is 14.5 Å². The summed E-state index contributed by atoms with van der Waals surface area (Å²) in [6, 6.07) is 13.4. The van der Waals surface area contributed by atoms with Crippen LogP contribution in [-0.2, 0) is 13.5 Å². The van der Waals surface area contributed by atoms with Crippen molar-refractivity contribution in [2.75, 3.05) is 22.9 Å². The molecule has 40 heavy (non-hydrogen) atoms. The quantitative estimate of drug-likeness (QED) is 0.198. The van der Waals surface area contributed by atoms with Gasteiger partial charge in [-0.1, -0.05) is 50.2 Å². The topological polar surface area (TPSA) is 15.7 Å². The molecule has 3 aromatic carbocycles. The van der Waals surface area contributed by atoms with E-state index in [0.29, 0.717) is 11.3 Å². The summed E-state index contributed by atoms with van der Waals surface area (Å²) in [5, 5.41) is 0. The third-order valence-corrected chi connectivity index (χ3v) is 8.06. The van der Waals surface area contributed by atoms with Gasteiger partial charge in [0, 0.05) is 24.5 Å². The first-order chi connectivity index (χ1) is 17.8. The number of rotatable bonds is 5. The summed E-state index contributed by atoms with van der Waals surface area (Å²) >= 11 is -1.96. The van der Waals surface area contributed by atoms with Crippen molar-refractivity contribution in [1.29, 1.82) is 0 Å². The molecule has 1 aliphatic heterocycles. The first kappa shape index (κ1) is 36.1. The minimum atomic E-state index is -1.96. The van der Waals surface area contributed by atoms with Crippen LogP contribution in [0.3, 0.4) is 0 Å². The van der Waals surface area contributed by atoms with Gasteiger partial charge in [0.05, 0.1) is 0 Å². The minimum Gasteiger partial charge on any atom is -0.502 e. The molecule has 0 amide bonds. The molecule has 3 nitrogen and oxygen atoms in total. The molecule has 224 valence electrons. The Morgan fingerprint density at radius 1 is 0.800 bits per heavy atom. The van der Waals surface area contributed by atoms with Crippen molar-refractivity contribution in [1.82, 2.24) is 0 Å². The van der Waals surface area contributed by atoms with Gasteiger partial charge >= 0.3 is 102 Å². The van der Waals surface area contributed by atoms with E-state index in [1.165, 1.54) is 56.9 Å². The Kier molecular flexibility index (Phi) is 14.3. The van der Waals surface area contributed by atoms with Crippen LogP contribution in [0, 0.1) is 54.0 Å². The fourth-order valence-corrected chi connectivity index (χ4v) is 6.92. The summed E-state index contributed by atoms with van der Waals surface area (Å²) in [6.07, 6.45) is 0.0360. The molecule has 7 heteroatoms. The van der Waals surface area contributed by atoms with Gasteiger partial charge in [0.1, 0.15) is 0 Å². The SMILES string of the molecule is C.C.CC(C)Oc1ccc(F)cc1[CH]=[Ru]([Cl])[Cl].Cc1cc(C)c(N2[CH-]N(c3c(C)cc(C)cc3C)CC2)c(C)c1. The van der Waals surface area contributed by atoms with Crippen molar-refractivity contribution in [2.24, 2.45) is 0 Å². The number of nitrogens with zero attached hydrogens (tertiary/aromatic N) is 2. The Hall–Kier alpha value is -1.94. The monoisotopic (exact) mass is 677 g/mol. The van der Waals surface area contributed by atoms with Gasteiger partial charge in [-0.15, -0.1) is 0 Å². The summed E-state index contributed by atoms with van der Waals surface area (Å²) in [4.78, 5) is 4.81. The van der Waals surface area contributed by atoms with Crippen molar-refractivity contribution in [3.63, 3.8) is 0 Å². The summed E-state index contributed by atoms with van der Waals surface area (Å²) in [5.41, 5.74) is 11.5. The van der Waals surface area contributed by atoms with Gasteiger partial charge in [0.15, 0.2) is 0 Å². The molecule has 0 aromatic heterocycles. The van der Waals surface area contributed by atoms with Gasteiger partial charge in [0.2, 0.25) is 0 Å². The zero-order valence-corrected chi connectivity index (χ0v) is 26.7. The van der Waals surface area contributed by atoms with E-state index in [1.54, 1.807) is 10.7 Å². The average molecular weight is 678 g/mol. The van der Waals surface area contributed by atoms with Crippen LogP contribution in [0.1, 0.15) is 67.6 Å². The van der Waals surface area contributed by atoms with E-state index in [2.05, 4.69) is 82.3 Å². The standard InChI is InChI=1S/C21H27N2.C10H11FO.2CH4.2ClH.Ru/c1-14-9-16(3)20(17(4)10-14)22-7-8-23(13-22)21-18(5)11-15(2)12-19(21)6;1-7(2)12-10-5-4-9(11)6-8(10)3;;;;;/h9-13H,7-8H2,1-6H3;3-7H,1-2H3;2*1H4;2*1H;/q-1;;;;;;+2/p-2. The van der Waals surface area contributed by atoms with Gasteiger partial charge in [-0.2, -0.15) is 6.67 Å². The predicted octanol–water partition coefficient (Wildman–Crippen LogP) is 9.94. The van der Waals surface area contributed by atoms with E-state index in [0.717, 1.165) is 13.1 Å². The molecule has 0 spiro atoms. The molecule has 1 saturated heterocycles. The van der Waals surface area contributed by atoms with Crippen LogP contribution in [0.25, 0.3) is 0 Å². The first-order valence-corrected chi connectivity index (χ1v) is 18.2. The first-order valence-electron chi connectivity index (χ1n) is 12.7. The maximum absolute atomic E-state index is 13.0. The fourth-order valence-electron chi connectivity index (χ4n) is 5.13. The summed E-state index contributed by atoms with van der Waals surface area (Å²) < 4.78 is 20.2.